The fourth-order valence-electron chi connectivity index (χ4n) is 3.13. The Morgan fingerprint density at radius 1 is 1.22 bits per heavy atom. The highest BCUT2D eigenvalue weighted by atomic mass is 32.1. The van der Waals surface area contributed by atoms with Gasteiger partial charge in [0.25, 0.3) is 0 Å². The average molecular weight is 461 g/mol. The van der Waals surface area contributed by atoms with Gasteiger partial charge in [-0.3, -0.25) is 4.79 Å². The number of carbonyl (C=O) groups is 1. The molecule has 3 heterocycles. The number of rotatable bonds is 9. The fourth-order valence-corrected chi connectivity index (χ4v) is 4.03. The molecular weight excluding hydrogens is 432 g/mol. The average Bonchev–Trinajstić information content (AvgIpc) is 3.40. The molecule has 9 nitrogen and oxygen atoms in total. The summed E-state index contributed by atoms with van der Waals surface area (Å²) in [7, 11) is 0. The minimum absolute atomic E-state index is 0.0972. The van der Waals surface area contributed by atoms with Crippen molar-refractivity contribution in [1.82, 2.24) is 9.97 Å². The Labute approximate surface area is 190 Å². The second-order valence-electron chi connectivity index (χ2n) is 7.22. The zero-order valence-corrected chi connectivity index (χ0v) is 18.8. The summed E-state index contributed by atoms with van der Waals surface area (Å²) < 4.78 is 10.8. The number of aliphatic hydroxyl groups is 1. The highest BCUT2D eigenvalue weighted by molar-refractivity contribution is 7.18. The summed E-state index contributed by atoms with van der Waals surface area (Å²) in [5.41, 5.74) is 5.85. The minimum Gasteiger partial charge on any atom is -0.481 e. The van der Waals surface area contributed by atoms with E-state index >= 15 is 0 Å². The monoisotopic (exact) mass is 460 g/mol. The van der Waals surface area contributed by atoms with Crippen molar-refractivity contribution in [2.24, 2.45) is 5.73 Å². The van der Waals surface area contributed by atoms with Crippen LogP contribution in [0.3, 0.4) is 0 Å². The van der Waals surface area contributed by atoms with Crippen LogP contribution in [0.4, 0.5) is 5.82 Å². The van der Waals surface area contributed by atoms with Crippen LogP contribution in [0, 0.1) is 6.92 Å². The van der Waals surface area contributed by atoms with Gasteiger partial charge in [-0.15, -0.1) is 11.3 Å². The summed E-state index contributed by atoms with van der Waals surface area (Å²) in [5, 5.41) is 21.0. The highest BCUT2D eigenvalue weighted by Gasteiger charge is 2.14. The molecule has 0 saturated carbocycles. The molecule has 0 saturated heterocycles. The smallest absolute Gasteiger partial charge is 0.303 e. The number of aromatic nitrogens is 2. The molecule has 10 heteroatoms. The number of nitrogens with one attached hydrogen (secondary N) is 1. The number of hydrogen-bond donors (Lipinski definition) is 4. The molecule has 1 aromatic carbocycles. The van der Waals surface area contributed by atoms with E-state index in [0.717, 1.165) is 45.3 Å². The number of hydrogen-bond acceptors (Lipinski definition) is 9. The first-order valence-corrected chi connectivity index (χ1v) is 11.2. The van der Waals surface area contributed by atoms with Gasteiger partial charge in [0.15, 0.2) is 11.5 Å². The Balaban J connectivity index is 0.000000668. The van der Waals surface area contributed by atoms with E-state index in [4.69, 9.17) is 30.4 Å². The number of ether oxygens (including phenoxy) is 2. The number of aliphatic hydroxyl groups excluding tert-OH is 1. The van der Waals surface area contributed by atoms with E-state index < -0.39 is 5.97 Å². The molecule has 0 atom stereocenters. The normalized spacial score (nSPS) is 11.8. The molecule has 0 amide bonds. The number of anilines is 1. The standard InChI is InChI=1S/C20H21N3O4S.C2H7NO/c1-12-8-14-19(21-10-13-6-7-15-16(9-13)27-11-26-15)22-17(23-20(14)28-12)4-2-3-5-18(24)25;3-1-2-4/h6-9H,2-5,10-11H2,1H3,(H,24,25)(H,21,22,23);4H,1-3H2. The van der Waals surface area contributed by atoms with Crippen LogP contribution in [0.5, 0.6) is 11.5 Å². The molecule has 2 aromatic heterocycles. The van der Waals surface area contributed by atoms with Crippen molar-refractivity contribution in [3.63, 3.8) is 0 Å². The maximum Gasteiger partial charge on any atom is 0.303 e. The van der Waals surface area contributed by atoms with Gasteiger partial charge in [-0.2, -0.15) is 0 Å². The quantitative estimate of drug-likeness (QED) is 0.355. The zero-order valence-electron chi connectivity index (χ0n) is 18.0. The summed E-state index contributed by atoms with van der Waals surface area (Å²) in [6.07, 6.45) is 2.22. The van der Waals surface area contributed by atoms with Crippen LogP contribution >= 0.6 is 11.3 Å². The van der Waals surface area contributed by atoms with Gasteiger partial charge in [-0.25, -0.2) is 9.97 Å². The fraction of sp³-hybridized carbons (Fsp3) is 0.409. The molecule has 0 aliphatic carbocycles. The van der Waals surface area contributed by atoms with Crippen LogP contribution in [-0.4, -0.2) is 46.1 Å². The van der Waals surface area contributed by atoms with Gasteiger partial charge in [0.1, 0.15) is 16.5 Å². The third kappa shape index (κ3) is 6.52. The molecule has 0 unspecified atom stereocenters. The van der Waals surface area contributed by atoms with Gasteiger partial charge in [-0.05, 0) is 43.5 Å². The summed E-state index contributed by atoms with van der Waals surface area (Å²) in [6.45, 7) is 3.40. The van der Waals surface area contributed by atoms with Crippen LogP contribution in [0.15, 0.2) is 24.3 Å². The van der Waals surface area contributed by atoms with Crippen molar-refractivity contribution >= 4 is 33.3 Å². The summed E-state index contributed by atoms with van der Waals surface area (Å²) in [4.78, 5) is 22.2. The number of benzene rings is 1. The molecule has 32 heavy (non-hydrogen) atoms. The van der Waals surface area contributed by atoms with Crippen LogP contribution in [0.1, 0.15) is 35.5 Å². The second kappa shape index (κ2) is 11.6. The number of nitrogens with zero attached hydrogens (tertiary/aromatic N) is 2. The molecule has 3 aromatic rings. The topological polar surface area (TPSA) is 140 Å². The molecule has 4 rings (SSSR count). The number of nitrogens with two attached hydrogens (primary N) is 1. The summed E-state index contributed by atoms with van der Waals surface area (Å²) in [5.74, 6) is 2.31. The van der Waals surface area contributed by atoms with E-state index in [9.17, 15) is 4.79 Å². The number of carboxylic acid groups (broad SMARTS) is 1. The Morgan fingerprint density at radius 2 is 2.00 bits per heavy atom. The number of thiophene rings is 1. The first kappa shape index (κ1) is 23.7. The molecule has 0 bridgehead atoms. The van der Waals surface area contributed by atoms with Crippen molar-refractivity contribution in [2.45, 2.75) is 39.2 Å². The van der Waals surface area contributed by atoms with Gasteiger partial charge in [0.2, 0.25) is 6.79 Å². The van der Waals surface area contributed by atoms with Crippen molar-refractivity contribution in [2.75, 3.05) is 25.3 Å². The molecule has 5 N–H and O–H groups in total. The van der Waals surface area contributed by atoms with E-state index in [-0.39, 0.29) is 19.8 Å². The van der Waals surface area contributed by atoms with Gasteiger partial charge in [0.05, 0.1) is 12.0 Å². The number of aliphatic carboxylic acids is 1. The lowest BCUT2D eigenvalue weighted by Crippen LogP contribution is -2.05. The molecule has 172 valence electrons. The van der Waals surface area contributed by atoms with E-state index in [2.05, 4.69) is 23.3 Å². The van der Waals surface area contributed by atoms with E-state index in [1.807, 2.05) is 18.2 Å². The van der Waals surface area contributed by atoms with Gasteiger partial charge >= 0.3 is 5.97 Å². The Hall–Kier alpha value is -2.95. The van der Waals surface area contributed by atoms with Gasteiger partial charge in [0, 0.05) is 30.8 Å². The van der Waals surface area contributed by atoms with Crippen LogP contribution in [-0.2, 0) is 17.8 Å². The van der Waals surface area contributed by atoms with Crippen molar-refractivity contribution in [1.29, 1.82) is 0 Å². The van der Waals surface area contributed by atoms with Crippen molar-refractivity contribution in [3.05, 3.63) is 40.5 Å². The molecule has 1 aliphatic rings. The number of aryl methyl sites for hydroxylation is 2. The second-order valence-corrected chi connectivity index (χ2v) is 8.45. The predicted molar refractivity (Wildman–Crippen MR) is 123 cm³/mol. The van der Waals surface area contributed by atoms with Crippen molar-refractivity contribution in [3.8, 4) is 11.5 Å². The van der Waals surface area contributed by atoms with Crippen LogP contribution in [0.25, 0.3) is 10.2 Å². The SMILES string of the molecule is Cc1cc2c(NCc3ccc4c(c3)OCO4)nc(CCCCC(=O)O)nc2s1.NCCO. The third-order valence-electron chi connectivity index (χ3n) is 4.63. The Bertz CT molecular complexity index is 1050. The molecular formula is C22H28N4O5S. The molecule has 0 spiro atoms. The molecule has 0 radical (unpaired) electrons. The van der Waals surface area contributed by atoms with Gasteiger partial charge in [-0.1, -0.05) is 6.07 Å². The van der Waals surface area contributed by atoms with E-state index in [1.165, 1.54) is 4.88 Å². The van der Waals surface area contributed by atoms with E-state index in [0.29, 0.717) is 25.9 Å². The lowest BCUT2D eigenvalue weighted by atomic mass is 10.2. The molecule has 0 fully saturated rings. The number of unbranched alkanes of at least 4 members (excludes halogenated alkanes) is 1. The Morgan fingerprint density at radius 3 is 2.75 bits per heavy atom. The van der Waals surface area contributed by atoms with Crippen molar-refractivity contribution < 1.29 is 24.5 Å². The molecule has 1 aliphatic heterocycles. The van der Waals surface area contributed by atoms with Gasteiger partial charge < -0.3 is 30.7 Å². The lowest BCUT2D eigenvalue weighted by molar-refractivity contribution is -0.137. The first-order valence-electron chi connectivity index (χ1n) is 10.4. The third-order valence-corrected chi connectivity index (χ3v) is 5.57. The summed E-state index contributed by atoms with van der Waals surface area (Å²) >= 11 is 1.64. The van der Waals surface area contributed by atoms with Crippen LogP contribution in [0.2, 0.25) is 0 Å². The summed E-state index contributed by atoms with van der Waals surface area (Å²) in [6, 6.07) is 7.98. The first-order chi connectivity index (χ1) is 15.5. The number of carboxylic acids is 1. The van der Waals surface area contributed by atoms with Crippen LogP contribution < -0.4 is 20.5 Å². The van der Waals surface area contributed by atoms with E-state index in [1.54, 1.807) is 11.3 Å². The maximum absolute atomic E-state index is 10.7. The number of fused-ring (bicyclic) bond motifs is 2. The largest absolute Gasteiger partial charge is 0.481 e. The highest BCUT2D eigenvalue weighted by Crippen LogP contribution is 2.33. The maximum atomic E-state index is 10.7. The zero-order chi connectivity index (χ0) is 22.9. The Kier molecular flexibility index (Phi) is 8.60. The lowest BCUT2D eigenvalue weighted by Gasteiger charge is -2.09. The predicted octanol–water partition coefficient (Wildman–Crippen LogP) is 3.08. The minimum atomic E-state index is -0.767.